The summed E-state index contributed by atoms with van der Waals surface area (Å²) in [7, 11) is 0. The Hall–Kier alpha value is -2.54. The number of fused-ring (bicyclic) bond motifs is 4. The molecule has 0 saturated carbocycles. The van der Waals surface area contributed by atoms with Crippen LogP contribution in [-0.2, 0) is 4.74 Å². The van der Waals surface area contributed by atoms with E-state index in [1.165, 1.54) is 27.2 Å². The van der Waals surface area contributed by atoms with Gasteiger partial charge in [-0.25, -0.2) is 0 Å². The largest absolute Gasteiger partial charge is 0.457 e. The third-order valence-electron chi connectivity index (χ3n) is 4.57. The maximum atomic E-state index is 6.10. The van der Waals surface area contributed by atoms with Crippen molar-refractivity contribution in [3.8, 4) is 0 Å². The number of allylic oxidation sites excluding steroid dienone is 8. The van der Waals surface area contributed by atoms with E-state index in [9.17, 15) is 0 Å². The normalized spacial score (nSPS) is 24.2. The zero-order valence-corrected chi connectivity index (χ0v) is 11.5. The number of benzene rings is 1. The van der Waals surface area contributed by atoms with Crippen molar-refractivity contribution in [3.63, 3.8) is 0 Å². The zero-order chi connectivity index (χ0) is 13.8. The first-order chi connectivity index (χ1) is 10.4. The van der Waals surface area contributed by atoms with Crippen molar-refractivity contribution in [2.24, 2.45) is 5.92 Å². The van der Waals surface area contributed by atoms with E-state index in [4.69, 9.17) is 4.74 Å². The van der Waals surface area contributed by atoms with E-state index in [-0.39, 0.29) is 0 Å². The summed E-state index contributed by atoms with van der Waals surface area (Å²) in [5.41, 5.74) is 3.98. The van der Waals surface area contributed by atoms with Gasteiger partial charge in [0.15, 0.2) is 0 Å². The van der Waals surface area contributed by atoms with Crippen LogP contribution in [-0.4, -0.2) is 0 Å². The molecule has 5 rings (SSSR count). The summed E-state index contributed by atoms with van der Waals surface area (Å²) in [5.74, 6) is 2.33. The van der Waals surface area contributed by atoms with E-state index in [0.29, 0.717) is 5.92 Å². The second-order valence-corrected chi connectivity index (χ2v) is 5.77. The Bertz CT molecular complexity index is 932. The highest BCUT2D eigenvalue weighted by Gasteiger charge is 2.29. The Morgan fingerprint density at radius 2 is 2.00 bits per heavy atom. The van der Waals surface area contributed by atoms with Crippen molar-refractivity contribution < 1.29 is 4.74 Å². The van der Waals surface area contributed by atoms with Gasteiger partial charge in [-0.2, -0.15) is 0 Å². The fourth-order valence-electron chi connectivity index (χ4n) is 3.56. The Morgan fingerprint density at radius 1 is 1.05 bits per heavy atom. The van der Waals surface area contributed by atoms with E-state index < -0.39 is 0 Å². The quantitative estimate of drug-likeness (QED) is 0.704. The molecule has 1 aromatic rings. The molecular weight excluding hydrogens is 256 g/mol. The van der Waals surface area contributed by atoms with Crippen molar-refractivity contribution in [3.05, 3.63) is 93.8 Å². The van der Waals surface area contributed by atoms with Crippen LogP contribution in [0.1, 0.15) is 6.42 Å². The van der Waals surface area contributed by atoms with Crippen LogP contribution in [0.4, 0.5) is 0 Å². The van der Waals surface area contributed by atoms with Crippen molar-refractivity contribution in [2.45, 2.75) is 6.42 Å². The van der Waals surface area contributed by atoms with E-state index in [2.05, 4.69) is 66.8 Å². The average Bonchev–Trinajstić information content (AvgIpc) is 2.92. The highest BCUT2D eigenvalue weighted by Crippen LogP contribution is 2.40. The molecule has 0 amide bonds. The van der Waals surface area contributed by atoms with Gasteiger partial charge >= 0.3 is 0 Å². The third-order valence-corrected chi connectivity index (χ3v) is 4.57. The molecule has 0 N–H and O–H groups in total. The lowest BCUT2D eigenvalue weighted by Gasteiger charge is -2.28. The van der Waals surface area contributed by atoms with E-state index >= 15 is 0 Å². The smallest absolute Gasteiger partial charge is 0.131 e. The predicted molar refractivity (Wildman–Crippen MR) is 84.2 cm³/mol. The minimum Gasteiger partial charge on any atom is -0.457 e. The van der Waals surface area contributed by atoms with Crippen LogP contribution in [0.15, 0.2) is 83.4 Å². The van der Waals surface area contributed by atoms with Gasteiger partial charge in [0.1, 0.15) is 11.5 Å². The van der Waals surface area contributed by atoms with Crippen molar-refractivity contribution in [1.29, 1.82) is 0 Å². The molecular formula is C20H14O. The van der Waals surface area contributed by atoms with Gasteiger partial charge in [-0.05, 0) is 46.2 Å². The summed E-state index contributed by atoms with van der Waals surface area (Å²) in [5, 5.41) is 2.69. The Balaban J connectivity index is 1.71. The number of hydrogen-bond acceptors (Lipinski definition) is 1. The molecule has 3 aliphatic carbocycles. The molecule has 1 unspecified atom stereocenters. The number of rotatable bonds is 0. The van der Waals surface area contributed by atoms with Gasteiger partial charge in [0.2, 0.25) is 0 Å². The first-order valence-corrected chi connectivity index (χ1v) is 7.39. The molecule has 1 aromatic carbocycles. The minimum absolute atomic E-state index is 0.336. The molecule has 0 spiro atoms. The van der Waals surface area contributed by atoms with Crippen molar-refractivity contribution >= 4 is 11.6 Å². The summed E-state index contributed by atoms with van der Waals surface area (Å²) in [6, 6.07) is 8.63. The van der Waals surface area contributed by atoms with Gasteiger partial charge < -0.3 is 4.74 Å². The van der Waals surface area contributed by atoms with Crippen LogP contribution in [0.2, 0.25) is 0 Å². The van der Waals surface area contributed by atoms with Crippen molar-refractivity contribution in [1.82, 2.24) is 0 Å². The predicted octanol–water partition coefficient (Wildman–Crippen LogP) is 2.87. The zero-order valence-electron chi connectivity index (χ0n) is 11.5. The highest BCUT2D eigenvalue weighted by atomic mass is 16.5. The molecule has 100 valence electrons. The number of ether oxygens (including phenoxy) is 1. The lowest BCUT2D eigenvalue weighted by molar-refractivity contribution is 0.315. The second kappa shape index (κ2) is 3.98. The summed E-state index contributed by atoms with van der Waals surface area (Å²) < 4.78 is 6.10. The standard InChI is InChI=1S/C20H14O/c1-3-7-15-13(5-1)11-17-16(15)9-10-20-18(17)12-14-6-2-4-8-19(14)21-20/h1-5,7-12,17H,6H2. The summed E-state index contributed by atoms with van der Waals surface area (Å²) in [6.45, 7) is 0. The van der Waals surface area contributed by atoms with Crippen LogP contribution >= 0.6 is 0 Å². The lowest BCUT2D eigenvalue weighted by atomic mass is 9.84. The summed E-state index contributed by atoms with van der Waals surface area (Å²) in [6.07, 6.45) is 16.3. The maximum absolute atomic E-state index is 6.10. The van der Waals surface area contributed by atoms with Gasteiger partial charge in [0.05, 0.1) is 0 Å². The molecule has 1 heterocycles. The highest BCUT2D eigenvalue weighted by molar-refractivity contribution is 5.78. The van der Waals surface area contributed by atoms with E-state index in [1.807, 2.05) is 0 Å². The Morgan fingerprint density at radius 3 is 3.00 bits per heavy atom. The molecule has 0 saturated heterocycles. The van der Waals surface area contributed by atoms with E-state index in [0.717, 1.165) is 17.9 Å². The minimum atomic E-state index is 0.336. The molecule has 0 radical (unpaired) electrons. The fourth-order valence-corrected chi connectivity index (χ4v) is 3.56. The van der Waals surface area contributed by atoms with E-state index in [1.54, 1.807) is 0 Å². The van der Waals surface area contributed by atoms with Gasteiger partial charge in [-0.15, -0.1) is 0 Å². The Kier molecular flexibility index (Phi) is 2.12. The van der Waals surface area contributed by atoms with Crippen LogP contribution in [0.25, 0.3) is 11.6 Å². The topological polar surface area (TPSA) is 9.23 Å². The van der Waals surface area contributed by atoms with Crippen molar-refractivity contribution in [2.75, 3.05) is 0 Å². The molecule has 1 aliphatic heterocycles. The molecule has 1 atom stereocenters. The summed E-state index contributed by atoms with van der Waals surface area (Å²) >= 11 is 0. The monoisotopic (exact) mass is 270 g/mol. The van der Waals surface area contributed by atoms with Gasteiger partial charge in [0, 0.05) is 11.5 Å². The molecule has 0 bridgehead atoms. The molecule has 0 aromatic heterocycles. The number of hydrogen-bond donors (Lipinski definition) is 0. The Labute approximate surface area is 123 Å². The first-order valence-electron chi connectivity index (χ1n) is 7.39. The molecule has 0 fully saturated rings. The molecule has 21 heavy (non-hydrogen) atoms. The maximum Gasteiger partial charge on any atom is 0.131 e. The second-order valence-electron chi connectivity index (χ2n) is 5.77. The van der Waals surface area contributed by atoms with Gasteiger partial charge in [-0.1, -0.05) is 48.6 Å². The molecule has 1 nitrogen and oxygen atoms in total. The molecule has 4 aliphatic rings. The van der Waals surface area contributed by atoms with Gasteiger partial charge in [-0.3, -0.25) is 0 Å². The van der Waals surface area contributed by atoms with Crippen LogP contribution in [0.5, 0.6) is 0 Å². The SMILES string of the molecule is C1=CCC2=CC3=C(C=CC4=c5ccccc5=CC34)OC2=C1. The van der Waals surface area contributed by atoms with Crippen LogP contribution in [0.3, 0.4) is 0 Å². The average molecular weight is 270 g/mol. The fraction of sp³-hybridized carbons (Fsp3) is 0.100. The third kappa shape index (κ3) is 1.52. The van der Waals surface area contributed by atoms with Crippen LogP contribution in [0, 0.1) is 5.92 Å². The summed E-state index contributed by atoms with van der Waals surface area (Å²) in [4.78, 5) is 0. The molecule has 1 heteroatoms. The lowest BCUT2D eigenvalue weighted by Crippen LogP contribution is -2.22. The first kappa shape index (κ1) is 11.2. The van der Waals surface area contributed by atoms with Gasteiger partial charge in [0.25, 0.3) is 0 Å². The van der Waals surface area contributed by atoms with Crippen LogP contribution < -0.4 is 10.4 Å².